The van der Waals surface area contributed by atoms with Crippen molar-refractivity contribution in [2.24, 2.45) is 0 Å². The number of hydrogen-bond acceptors (Lipinski definition) is 3. The Morgan fingerprint density at radius 3 is 2.57 bits per heavy atom. The molecule has 4 nitrogen and oxygen atoms in total. The van der Waals surface area contributed by atoms with Crippen molar-refractivity contribution in [3.05, 3.63) is 70.9 Å². The molecule has 0 heterocycles. The molecule has 0 amide bonds. The quantitative estimate of drug-likeness (QED) is 0.379. The van der Waals surface area contributed by atoms with Gasteiger partial charge in [0.25, 0.3) is 0 Å². The number of carbonyl (C=O) groups excluding carboxylic acids is 1. The molecule has 0 radical (unpaired) electrons. The van der Waals surface area contributed by atoms with Crippen molar-refractivity contribution in [2.45, 2.75) is 59.3 Å². The summed E-state index contributed by atoms with van der Waals surface area (Å²) in [4.78, 5) is 21.9. The third-order valence-corrected chi connectivity index (χ3v) is 4.52. The SMILES string of the molecule is C=C1CCCC(C)=C1/C=C/C(C)=C/C=C/C(C)=C/COC(=O)CCCC(=O)O. The van der Waals surface area contributed by atoms with Gasteiger partial charge in [0.2, 0.25) is 0 Å². The second-order valence-electron chi connectivity index (χ2n) is 7.13. The Balaban J connectivity index is 2.44. The van der Waals surface area contributed by atoms with E-state index in [2.05, 4.69) is 32.6 Å². The fourth-order valence-electron chi connectivity index (χ4n) is 2.81. The number of allylic oxidation sites excluding steroid dienone is 10. The van der Waals surface area contributed by atoms with Crippen molar-refractivity contribution in [1.29, 1.82) is 0 Å². The molecule has 0 aliphatic heterocycles. The average Bonchev–Trinajstić information content (AvgIpc) is 2.61. The molecule has 28 heavy (non-hydrogen) atoms. The first-order valence-electron chi connectivity index (χ1n) is 9.74. The number of esters is 1. The molecule has 0 atom stereocenters. The molecule has 4 heteroatoms. The van der Waals surface area contributed by atoms with Gasteiger partial charge < -0.3 is 9.84 Å². The summed E-state index contributed by atoms with van der Waals surface area (Å²) < 4.78 is 5.07. The first-order chi connectivity index (χ1) is 13.3. The molecule has 1 aliphatic carbocycles. The summed E-state index contributed by atoms with van der Waals surface area (Å²) in [6, 6.07) is 0. The summed E-state index contributed by atoms with van der Waals surface area (Å²) in [5.74, 6) is -1.27. The zero-order valence-electron chi connectivity index (χ0n) is 17.3. The maximum atomic E-state index is 11.5. The summed E-state index contributed by atoms with van der Waals surface area (Å²) in [5, 5.41) is 8.54. The molecule has 1 aliphatic rings. The molecule has 0 fully saturated rings. The molecule has 0 unspecified atom stereocenters. The number of carboxylic acids is 1. The predicted molar refractivity (Wildman–Crippen MR) is 114 cm³/mol. The lowest BCUT2D eigenvalue weighted by atomic mass is 9.88. The molecule has 0 aromatic carbocycles. The second kappa shape index (κ2) is 12.7. The van der Waals surface area contributed by atoms with Crippen molar-refractivity contribution in [3.8, 4) is 0 Å². The third kappa shape index (κ3) is 9.91. The van der Waals surface area contributed by atoms with Crippen LogP contribution in [0, 0.1) is 0 Å². The van der Waals surface area contributed by atoms with Crippen LogP contribution in [0.5, 0.6) is 0 Å². The molecular weight excluding hydrogens is 352 g/mol. The minimum atomic E-state index is -0.901. The van der Waals surface area contributed by atoms with E-state index in [-0.39, 0.29) is 25.4 Å². The standard InChI is InChI=1S/C24H32O4/c1-18(14-15-22-20(3)10-6-11-21(22)4)8-5-9-19(2)16-17-28-24(27)13-7-12-23(25)26/h5,8-9,14-16H,3,6-7,10-13,17H2,1-2,4H3,(H,25,26)/b9-5+,15-14+,18-8+,19-16+. The first-order valence-corrected chi connectivity index (χ1v) is 9.74. The highest BCUT2D eigenvalue weighted by atomic mass is 16.5. The maximum absolute atomic E-state index is 11.5. The van der Waals surface area contributed by atoms with Gasteiger partial charge in [-0.15, -0.1) is 0 Å². The zero-order chi connectivity index (χ0) is 20.9. The monoisotopic (exact) mass is 384 g/mol. The number of carboxylic acid groups (broad SMARTS) is 1. The van der Waals surface area contributed by atoms with E-state index in [1.165, 1.54) is 23.1 Å². The molecule has 0 saturated carbocycles. The summed E-state index contributed by atoms with van der Waals surface area (Å²) in [5.41, 5.74) is 6.05. The molecule has 0 spiro atoms. The fourth-order valence-corrected chi connectivity index (χ4v) is 2.81. The van der Waals surface area contributed by atoms with Crippen LogP contribution in [-0.4, -0.2) is 23.7 Å². The van der Waals surface area contributed by atoms with Crippen LogP contribution in [0.4, 0.5) is 0 Å². The Labute approximate surface area is 168 Å². The Morgan fingerprint density at radius 2 is 1.89 bits per heavy atom. The normalized spacial score (nSPS) is 16.3. The van der Waals surface area contributed by atoms with E-state index >= 15 is 0 Å². The van der Waals surface area contributed by atoms with Gasteiger partial charge in [0.15, 0.2) is 0 Å². The predicted octanol–water partition coefficient (Wildman–Crippen LogP) is 5.85. The van der Waals surface area contributed by atoms with E-state index < -0.39 is 5.97 Å². The topological polar surface area (TPSA) is 63.6 Å². The largest absolute Gasteiger partial charge is 0.481 e. The van der Waals surface area contributed by atoms with E-state index in [4.69, 9.17) is 9.84 Å². The molecule has 152 valence electrons. The van der Waals surface area contributed by atoms with Gasteiger partial charge in [-0.05, 0) is 63.7 Å². The Morgan fingerprint density at radius 1 is 1.14 bits per heavy atom. The minimum absolute atomic E-state index is 0.0161. The Bertz CT molecular complexity index is 730. The summed E-state index contributed by atoms with van der Waals surface area (Å²) in [7, 11) is 0. The van der Waals surface area contributed by atoms with E-state index in [1.807, 2.05) is 31.2 Å². The highest BCUT2D eigenvalue weighted by molar-refractivity contribution is 5.71. The molecule has 0 saturated heterocycles. The van der Waals surface area contributed by atoms with Crippen LogP contribution in [0.1, 0.15) is 59.3 Å². The highest BCUT2D eigenvalue weighted by Gasteiger charge is 2.09. The van der Waals surface area contributed by atoms with Crippen LogP contribution in [0.15, 0.2) is 70.9 Å². The molecule has 0 aromatic rings. The fraction of sp³-hybridized carbons (Fsp3) is 0.417. The van der Waals surface area contributed by atoms with Gasteiger partial charge in [-0.25, -0.2) is 0 Å². The summed E-state index contributed by atoms with van der Waals surface area (Å²) >= 11 is 0. The van der Waals surface area contributed by atoms with Crippen molar-refractivity contribution >= 4 is 11.9 Å². The molecule has 1 rings (SSSR count). The molecule has 0 aromatic heterocycles. The van der Waals surface area contributed by atoms with Gasteiger partial charge in [0, 0.05) is 12.8 Å². The van der Waals surface area contributed by atoms with Gasteiger partial charge in [-0.1, -0.05) is 53.7 Å². The summed E-state index contributed by atoms with van der Waals surface area (Å²) in [6.07, 6.45) is 15.9. The Hall–Kier alpha value is -2.62. The lowest BCUT2D eigenvalue weighted by molar-refractivity contribution is -0.142. The molecular formula is C24H32O4. The number of aliphatic carboxylic acids is 1. The maximum Gasteiger partial charge on any atom is 0.306 e. The van der Waals surface area contributed by atoms with E-state index in [1.54, 1.807) is 0 Å². The van der Waals surface area contributed by atoms with Crippen LogP contribution in [0.25, 0.3) is 0 Å². The number of carbonyl (C=O) groups is 2. The second-order valence-corrected chi connectivity index (χ2v) is 7.13. The Kier molecular flexibility index (Phi) is 10.6. The van der Waals surface area contributed by atoms with Gasteiger partial charge in [-0.2, -0.15) is 0 Å². The highest BCUT2D eigenvalue weighted by Crippen LogP contribution is 2.29. The molecule has 0 bridgehead atoms. The lowest BCUT2D eigenvalue weighted by Gasteiger charge is -2.17. The van der Waals surface area contributed by atoms with Crippen LogP contribution in [-0.2, 0) is 14.3 Å². The van der Waals surface area contributed by atoms with E-state index in [0.29, 0.717) is 6.42 Å². The summed E-state index contributed by atoms with van der Waals surface area (Å²) in [6.45, 7) is 10.5. The molecule has 1 N–H and O–H groups in total. The smallest absolute Gasteiger partial charge is 0.306 e. The van der Waals surface area contributed by atoms with Crippen LogP contribution in [0.2, 0.25) is 0 Å². The van der Waals surface area contributed by atoms with Crippen LogP contribution >= 0.6 is 0 Å². The zero-order valence-corrected chi connectivity index (χ0v) is 17.3. The van der Waals surface area contributed by atoms with Gasteiger partial charge >= 0.3 is 11.9 Å². The first kappa shape index (κ1) is 23.4. The van der Waals surface area contributed by atoms with Gasteiger partial charge in [-0.3, -0.25) is 9.59 Å². The average molecular weight is 385 g/mol. The van der Waals surface area contributed by atoms with Crippen molar-refractivity contribution in [3.63, 3.8) is 0 Å². The third-order valence-electron chi connectivity index (χ3n) is 4.52. The van der Waals surface area contributed by atoms with Crippen molar-refractivity contribution in [1.82, 2.24) is 0 Å². The number of rotatable bonds is 10. The van der Waals surface area contributed by atoms with E-state index in [0.717, 1.165) is 24.0 Å². The van der Waals surface area contributed by atoms with E-state index in [9.17, 15) is 9.59 Å². The number of ether oxygens (including phenoxy) is 1. The van der Waals surface area contributed by atoms with Gasteiger partial charge in [0.05, 0.1) is 0 Å². The van der Waals surface area contributed by atoms with Crippen LogP contribution in [0.3, 0.4) is 0 Å². The van der Waals surface area contributed by atoms with Crippen molar-refractivity contribution in [2.75, 3.05) is 6.61 Å². The minimum Gasteiger partial charge on any atom is -0.481 e. The number of hydrogen-bond donors (Lipinski definition) is 1. The lowest BCUT2D eigenvalue weighted by Crippen LogP contribution is -2.05. The van der Waals surface area contributed by atoms with Crippen LogP contribution < -0.4 is 0 Å². The van der Waals surface area contributed by atoms with Crippen molar-refractivity contribution < 1.29 is 19.4 Å². The van der Waals surface area contributed by atoms with Gasteiger partial charge in [0.1, 0.15) is 6.61 Å².